The predicted molar refractivity (Wildman–Crippen MR) is 74.0 cm³/mol. The molecule has 0 radical (unpaired) electrons. The Bertz CT molecular complexity index is 449. The molecule has 1 saturated heterocycles. The number of nitrogens with zero attached hydrogens (tertiary/aromatic N) is 4. The largest absolute Gasteiger partial charge is 0.337 e. The molecule has 5 nitrogen and oxygen atoms in total. The van der Waals surface area contributed by atoms with Crippen molar-refractivity contribution in [2.75, 3.05) is 27.2 Å². The van der Waals surface area contributed by atoms with Crippen LogP contribution < -0.4 is 0 Å². The van der Waals surface area contributed by atoms with Crippen molar-refractivity contribution in [3.8, 4) is 0 Å². The molecule has 0 saturated carbocycles. The Labute approximate surface area is 114 Å². The average molecular weight is 262 g/mol. The van der Waals surface area contributed by atoms with E-state index in [-0.39, 0.29) is 5.91 Å². The zero-order valence-electron chi connectivity index (χ0n) is 12.0. The van der Waals surface area contributed by atoms with Gasteiger partial charge in [-0.25, -0.2) is 9.97 Å². The minimum absolute atomic E-state index is 0.0457. The van der Waals surface area contributed by atoms with Gasteiger partial charge in [0.2, 0.25) is 0 Å². The van der Waals surface area contributed by atoms with Gasteiger partial charge >= 0.3 is 0 Å². The van der Waals surface area contributed by atoms with Crippen LogP contribution in [0.25, 0.3) is 0 Å². The second kappa shape index (κ2) is 6.10. The van der Waals surface area contributed by atoms with Crippen LogP contribution in [0.4, 0.5) is 0 Å². The summed E-state index contributed by atoms with van der Waals surface area (Å²) in [6, 6.07) is 0.298. The Kier molecular flexibility index (Phi) is 4.47. The lowest BCUT2D eigenvalue weighted by atomic mass is 10.1. The maximum atomic E-state index is 12.6. The second-order valence-corrected chi connectivity index (χ2v) is 5.25. The van der Waals surface area contributed by atoms with Gasteiger partial charge in [0.15, 0.2) is 0 Å². The molecule has 19 heavy (non-hydrogen) atoms. The van der Waals surface area contributed by atoms with E-state index in [1.54, 1.807) is 6.20 Å². The predicted octanol–water partition coefficient (Wildman–Crippen LogP) is 1.21. The van der Waals surface area contributed by atoms with Crippen molar-refractivity contribution in [2.24, 2.45) is 0 Å². The van der Waals surface area contributed by atoms with Gasteiger partial charge in [-0.2, -0.15) is 0 Å². The van der Waals surface area contributed by atoms with Gasteiger partial charge in [0.05, 0.1) is 11.3 Å². The maximum Gasteiger partial charge on any atom is 0.257 e. The molecule has 1 amide bonds. The minimum Gasteiger partial charge on any atom is -0.337 e. The zero-order valence-corrected chi connectivity index (χ0v) is 12.0. The van der Waals surface area contributed by atoms with E-state index in [9.17, 15) is 4.79 Å². The van der Waals surface area contributed by atoms with Gasteiger partial charge in [0, 0.05) is 25.8 Å². The Morgan fingerprint density at radius 2 is 2.37 bits per heavy atom. The zero-order chi connectivity index (χ0) is 13.8. The van der Waals surface area contributed by atoms with Crippen LogP contribution in [0.3, 0.4) is 0 Å². The fourth-order valence-electron chi connectivity index (χ4n) is 2.55. The Hall–Kier alpha value is -1.49. The van der Waals surface area contributed by atoms with Crippen molar-refractivity contribution in [3.05, 3.63) is 23.8 Å². The first kappa shape index (κ1) is 13.9. The summed E-state index contributed by atoms with van der Waals surface area (Å²) < 4.78 is 0. The van der Waals surface area contributed by atoms with Crippen LogP contribution in [-0.4, -0.2) is 58.9 Å². The second-order valence-electron chi connectivity index (χ2n) is 5.25. The molecule has 2 rings (SSSR count). The molecule has 0 aliphatic carbocycles. The fourth-order valence-corrected chi connectivity index (χ4v) is 2.55. The third-order valence-corrected chi connectivity index (χ3v) is 3.75. The summed E-state index contributed by atoms with van der Waals surface area (Å²) in [5, 5.41) is 0. The third kappa shape index (κ3) is 3.10. The molecular formula is C14H22N4O. The summed E-state index contributed by atoms with van der Waals surface area (Å²) in [4.78, 5) is 24.9. The Morgan fingerprint density at radius 1 is 1.58 bits per heavy atom. The molecule has 0 bridgehead atoms. The van der Waals surface area contributed by atoms with E-state index in [0.29, 0.717) is 11.6 Å². The van der Waals surface area contributed by atoms with Crippen LogP contribution in [0.2, 0.25) is 0 Å². The van der Waals surface area contributed by atoms with Crippen molar-refractivity contribution in [3.63, 3.8) is 0 Å². The first-order chi connectivity index (χ1) is 9.13. The van der Waals surface area contributed by atoms with E-state index in [1.165, 1.54) is 6.33 Å². The smallest absolute Gasteiger partial charge is 0.257 e. The van der Waals surface area contributed by atoms with E-state index in [4.69, 9.17) is 0 Å². The van der Waals surface area contributed by atoms with Crippen molar-refractivity contribution >= 4 is 5.91 Å². The number of hydrogen-bond acceptors (Lipinski definition) is 4. The minimum atomic E-state index is 0.0457. The number of likely N-dealkylation sites (N-methyl/N-ethyl adjacent to an activating group) is 2. The van der Waals surface area contributed by atoms with Gasteiger partial charge in [-0.05, 0) is 26.4 Å². The van der Waals surface area contributed by atoms with Crippen LogP contribution in [0.5, 0.6) is 0 Å². The lowest BCUT2D eigenvalue weighted by Crippen LogP contribution is -2.39. The third-order valence-electron chi connectivity index (χ3n) is 3.75. The van der Waals surface area contributed by atoms with Gasteiger partial charge in [0.1, 0.15) is 6.33 Å². The van der Waals surface area contributed by atoms with Crippen LogP contribution >= 0.6 is 0 Å². The molecule has 1 aromatic heterocycles. The number of carbonyl (C=O) groups excluding carboxylic acids is 1. The van der Waals surface area contributed by atoms with Crippen LogP contribution in [0.1, 0.15) is 35.8 Å². The average Bonchev–Trinajstić information content (AvgIpc) is 2.85. The number of aromatic nitrogens is 2. The van der Waals surface area contributed by atoms with Crippen LogP contribution in [0, 0.1) is 0 Å². The summed E-state index contributed by atoms with van der Waals surface area (Å²) in [5.74, 6) is 0.0457. The highest BCUT2D eigenvalue weighted by atomic mass is 16.2. The highest BCUT2D eigenvalue weighted by Gasteiger charge is 2.28. The molecule has 1 atom stereocenters. The summed E-state index contributed by atoms with van der Waals surface area (Å²) in [7, 11) is 3.97. The molecule has 0 aromatic carbocycles. The molecule has 1 aromatic rings. The SMILES string of the molecule is CCCc1ncncc1C(=O)N(C)C1CCN(C)C1. The molecule has 1 aliphatic rings. The van der Waals surface area contributed by atoms with Crippen molar-refractivity contribution in [1.29, 1.82) is 0 Å². The summed E-state index contributed by atoms with van der Waals surface area (Å²) in [5.41, 5.74) is 1.52. The number of rotatable bonds is 4. The quantitative estimate of drug-likeness (QED) is 0.818. The van der Waals surface area contributed by atoms with Gasteiger partial charge in [-0.1, -0.05) is 13.3 Å². The van der Waals surface area contributed by atoms with Gasteiger partial charge in [-0.3, -0.25) is 4.79 Å². The molecule has 0 N–H and O–H groups in total. The molecule has 2 heterocycles. The van der Waals surface area contributed by atoms with Crippen LogP contribution in [0.15, 0.2) is 12.5 Å². The van der Waals surface area contributed by atoms with Gasteiger partial charge in [-0.15, -0.1) is 0 Å². The summed E-state index contributed by atoms with van der Waals surface area (Å²) >= 11 is 0. The van der Waals surface area contributed by atoms with Crippen LogP contribution in [-0.2, 0) is 6.42 Å². The molecule has 1 aliphatic heterocycles. The van der Waals surface area contributed by atoms with E-state index in [1.807, 2.05) is 11.9 Å². The van der Waals surface area contributed by atoms with E-state index in [2.05, 4.69) is 28.8 Å². The first-order valence-corrected chi connectivity index (χ1v) is 6.88. The maximum absolute atomic E-state index is 12.6. The summed E-state index contributed by atoms with van der Waals surface area (Å²) in [6.07, 6.45) is 6.01. The number of amides is 1. The Morgan fingerprint density at radius 3 is 3.00 bits per heavy atom. The van der Waals surface area contributed by atoms with E-state index in [0.717, 1.165) is 38.0 Å². The molecule has 1 fully saturated rings. The van der Waals surface area contributed by atoms with E-state index < -0.39 is 0 Å². The number of hydrogen-bond donors (Lipinski definition) is 0. The van der Waals surface area contributed by atoms with Crippen molar-refractivity contribution in [2.45, 2.75) is 32.2 Å². The summed E-state index contributed by atoms with van der Waals surface area (Å²) in [6.45, 7) is 4.08. The number of aryl methyl sites for hydroxylation is 1. The van der Waals surface area contributed by atoms with Gasteiger partial charge in [0.25, 0.3) is 5.91 Å². The Balaban J connectivity index is 2.14. The highest BCUT2D eigenvalue weighted by molar-refractivity contribution is 5.95. The van der Waals surface area contributed by atoms with Crippen molar-refractivity contribution in [1.82, 2.24) is 19.8 Å². The highest BCUT2D eigenvalue weighted by Crippen LogP contribution is 2.16. The molecule has 104 valence electrons. The van der Waals surface area contributed by atoms with Gasteiger partial charge < -0.3 is 9.80 Å². The standard InChI is InChI=1S/C14H22N4O/c1-4-5-13-12(8-15-10-16-13)14(19)18(3)11-6-7-17(2)9-11/h8,10-11H,4-7,9H2,1-3H3. The lowest BCUT2D eigenvalue weighted by molar-refractivity contribution is 0.0735. The molecule has 1 unspecified atom stereocenters. The monoisotopic (exact) mass is 262 g/mol. The van der Waals surface area contributed by atoms with E-state index >= 15 is 0 Å². The first-order valence-electron chi connectivity index (χ1n) is 6.88. The number of carbonyl (C=O) groups is 1. The fraction of sp³-hybridized carbons (Fsp3) is 0.643. The molecule has 5 heteroatoms. The topological polar surface area (TPSA) is 49.3 Å². The number of likely N-dealkylation sites (tertiary alicyclic amines) is 1. The normalized spacial score (nSPS) is 19.6. The molecular weight excluding hydrogens is 240 g/mol. The lowest BCUT2D eigenvalue weighted by Gasteiger charge is -2.25. The van der Waals surface area contributed by atoms with Crippen molar-refractivity contribution < 1.29 is 4.79 Å². The molecule has 0 spiro atoms.